The van der Waals surface area contributed by atoms with E-state index in [1.54, 1.807) is 0 Å². The Morgan fingerprint density at radius 3 is 2.42 bits per heavy atom. The van der Waals surface area contributed by atoms with Crippen molar-refractivity contribution >= 4 is 13.1 Å². The molecule has 0 radical (unpaired) electrons. The molecule has 0 aromatic heterocycles. The second kappa shape index (κ2) is 6.70. The van der Waals surface area contributed by atoms with E-state index in [1.165, 1.54) is 0 Å². The molecule has 7 heteroatoms. The largest absolute Gasteiger partial charge is 0.480 e. The maximum atomic E-state index is 11.4. The van der Waals surface area contributed by atoms with E-state index in [-0.39, 0.29) is 18.2 Å². The summed E-state index contributed by atoms with van der Waals surface area (Å²) >= 11 is 0. The van der Waals surface area contributed by atoms with Gasteiger partial charge in [0.05, 0.1) is 0 Å². The topological polar surface area (TPSA) is 107 Å². The third-order valence-corrected chi connectivity index (χ3v) is 3.85. The highest BCUT2D eigenvalue weighted by Gasteiger charge is 2.43. The lowest BCUT2D eigenvalue weighted by molar-refractivity contribution is -0.146. The van der Waals surface area contributed by atoms with Crippen molar-refractivity contribution in [3.8, 4) is 0 Å². The lowest BCUT2D eigenvalue weighted by atomic mass is 9.67. The van der Waals surface area contributed by atoms with Crippen LogP contribution < -0.4 is 5.73 Å². The number of nitrogens with two attached hydrogens (primary N) is 1. The van der Waals surface area contributed by atoms with Crippen LogP contribution in [0.5, 0.6) is 0 Å². The zero-order chi connectivity index (χ0) is 14.6. The van der Waals surface area contributed by atoms with Gasteiger partial charge in [-0.3, -0.25) is 4.79 Å². The first-order valence-electron chi connectivity index (χ1n) is 6.76. The normalized spacial score (nSPS) is 31.5. The molecule has 0 aromatic rings. The average Bonchev–Trinajstić information content (AvgIpc) is 2.24. The van der Waals surface area contributed by atoms with Crippen molar-refractivity contribution in [3.63, 3.8) is 0 Å². The van der Waals surface area contributed by atoms with E-state index in [9.17, 15) is 9.90 Å². The van der Waals surface area contributed by atoms with Crippen LogP contribution >= 0.6 is 0 Å². The lowest BCUT2D eigenvalue weighted by Gasteiger charge is -2.40. The molecule has 0 spiro atoms. The van der Waals surface area contributed by atoms with Crippen LogP contribution in [-0.4, -0.2) is 59.3 Å². The van der Waals surface area contributed by atoms with E-state index in [4.69, 9.17) is 15.8 Å². The van der Waals surface area contributed by atoms with E-state index in [0.717, 1.165) is 13.0 Å². The Balaban J connectivity index is 2.69. The van der Waals surface area contributed by atoms with Crippen LogP contribution in [0.4, 0.5) is 0 Å². The molecule has 0 aromatic carbocycles. The van der Waals surface area contributed by atoms with Crippen molar-refractivity contribution in [3.05, 3.63) is 0 Å². The van der Waals surface area contributed by atoms with Gasteiger partial charge >= 0.3 is 13.1 Å². The highest BCUT2D eigenvalue weighted by atomic mass is 16.4. The zero-order valence-corrected chi connectivity index (χ0v) is 11.7. The van der Waals surface area contributed by atoms with Crippen LogP contribution in [0, 0.1) is 11.8 Å². The van der Waals surface area contributed by atoms with Gasteiger partial charge in [0, 0.05) is 6.54 Å². The molecule has 3 atom stereocenters. The van der Waals surface area contributed by atoms with Gasteiger partial charge in [-0.25, -0.2) is 0 Å². The van der Waals surface area contributed by atoms with Gasteiger partial charge in [0.2, 0.25) is 0 Å². The summed E-state index contributed by atoms with van der Waals surface area (Å²) in [5.74, 6) is -0.571. The van der Waals surface area contributed by atoms with E-state index in [2.05, 4.69) is 0 Å². The van der Waals surface area contributed by atoms with Crippen molar-refractivity contribution in [2.45, 2.75) is 37.5 Å². The van der Waals surface area contributed by atoms with Crippen LogP contribution in [-0.2, 0) is 4.79 Å². The second-order valence-corrected chi connectivity index (χ2v) is 6.16. The number of carboxylic acids is 1. The number of hydrogen-bond acceptors (Lipinski definition) is 5. The molecule has 0 amide bonds. The molecule has 0 heterocycles. The molecule has 19 heavy (non-hydrogen) atoms. The van der Waals surface area contributed by atoms with Gasteiger partial charge in [-0.05, 0) is 51.5 Å². The summed E-state index contributed by atoms with van der Waals surface area (Å²) in [5, 5.41) is 27.2. The van der Waals surface area contributed by atoms with Crippen molar-refractivity contribution in [1.29, 1.82) is 0 Å². The summed E-state index contributed by atoms with van der Waals surface area (Å²) in [6.45, 7) is 0.810. The molecule has 1 aliphatic carbocycles. The van der Waals surface area contributed by atoms with Crippen molar-refractivity contribution in [2.24, 2.45) is 17.6 Å². The third kappa shape index (κ3) is 5.10. The van der Waals surface area contributed by atoms with Crippen LogP contribution in [0.2, 0.25) is 6.32 Å². The molecular weight excluding hydrogens is 247 g/mol. The molecule has 0 bridgehead atoms. The van der Waals surface area contributed by atoms with Gasteiger partial charge in [0.1, 0.15) is 5.54 Å². The fourth-order valence-corrected chi connectivity index (χ4v) is 3.19. The molecule has 6 nitrogen and oxygen atoms in total. The first-order chi connectivity index (χ1) is 8.73. The summed E-state index contributed by atoms with van der Waals surface area (Å²) in [6, 6.07) is 0. The maximum absolute atomic E-state index is 11.4. The fraction of sp³-hybridized carbons (Fsp3) is 0.917. The van der Waals surface area contributed by atoms with Gasteiger partial charge in [-0.15, -0.1) is 0 Å². The monoisotopic (exact) mass is 272 g/mol. The average molecular weight is 272 g/mol. The molecule has 1 fully saturated rings. The number of carboxylic acid groups (broad SMARTS) is 1. The van der Waals surface area contributed by atoms with Crippen molar-refractivity contribution in [1.82, 2.24) is 4.90 Å². The summed E-state index contributed by atoms with van der Waals surface area (Å²) in [7, 11) is 2.59. The lowest BCUT2D eigenvalue weighted by Crippen LogP contribution is -2.54. The van der Waals surface area contributed by atoms with Crippen LogP contribution in [0.1, 0.15) is 25.7 Å². The predicted octanol–water partition coefficient (Wildman–Crippen LogP) is -0.391. The minimum atomic E-state index is -1.33. The number of aliphatic carboxylic acids is 1. The fourth-order valence-electron chi connectivity index (χ4n) is 3.19. The Kier molecular flexibility index (Phi) is 5.79. The Hall–Kier alpha value is -0.625. The molecule has 1 aliphatic rings. The molecule has 1 rings (SSSR count). The van der Waals surface area contributed by atoms with Crippen LogP contribution in [0.3, 0.4) is 0 Å². The molecule has 0 aliphatic heterocycles. The summed E-state index contributed by atoms with van der Waals surface area (Å²) in [6.07, 6.45) is 2.68. The first kappa shape index (κ1) is 16.4. The Morgan fingerprint density at radius 2 is 1.95 bits per heavy atom. The maximum Gasteiger partial charge on any atom is 0.451 e. The first-order valence-corrected chi connectivity index (χ1v) is 6.76. The Labute approximate surface area is 114 Å². The van der Waals surface area contributed by atoms with Gasteiger partial charge in [-0.1, -0.05) is 6.42 Å². The van der Waals surface area contributed by atoms with Gasteiger partial charge in [-0.2, -0.15) is 0 Å². The zero-order valence-electron chi connectivity index (χ0n) is 11.7. The minimum Gasteiger partial charge on any atom is -0.480 e. The van der Waals surface area contributed by atoms with E-state index < -0.39 is 18.6 Å². The van der Waals surface area contributed by atoms with Crippen molar-refractivity contribution < 1.29 is 19.9 Å². The predicted molar refractivity (Wildman–Crippen MR) is 73.6 cm³/mol. The van der Waals surface area contributed by atoms with Crippen molar-refractivity contribution in [2.75, 3.05) is 20.6 Å². The summed E-state index contributed by atoms with van der Waals surface area (Å²) < 4.78 is 0. The van der Waals surface area contributed by atoms with E-state index in [1.807, 2.05) is 19.0 Å². The molecule has 5 N–H and O–H groups in total. The summed E-state index contributed by atoms with van der Waals surface area (Å²) in [5.41, 5.74) is 4.85. The highest BCUT2D eigenvalue weighted by molar-refractivity contribution is 6.40. The summed E-state index contributed by atoms with van der Waals surface area (Å²) in [4.78, 5) is 13.4. The van der Waals surface area contributed by atoms with Gasteiger partial charge in [0.15, 0.2) is 0 Å². The van der Waals surface area contributed by atoms with Crippen LogP contribution in [0.25, 0.3) is 0 Å². The molecular formula is C12H25BN2O4. The molecule has 110 valence electrons. The quantitative estimate of drug-likeness (QED) is 0.490. The molecule has 1 saturated carbocycles. The smallest absolute Gasteiger partial charge is 0.451 e. The Bertz CT molecular complexity index is 314. The standard InChI is InChI=1S/C12H25BN2O4/c1-15(2)8-10-5-9(3-4-13(18)19)6-12(14,7-10)11(16)17/h9-10,18-19H,3-8,14H2,1-2H3,(H,16,17)/t9-,10-,12-/m1/s1. The number of hydrogen-bond donors (Lipinski definition) is 4. The highest BCUT2D eigenvalue weighted by Crippen LogP contribution is 2.37. The second-order valence-electron chi connectivity index (χ2n) is 6.16. The minimum absolute atomic E-state index is 0.140. The van der Waals surface area contributed by atoms with Gasteiger partial charge in [0.25, 0.3) is 0 Å². The van der Waals surface area contributed by atoms with Gasteiger partial charge < -0.3 is 25.8 Å². The number of rotatable bonds is 6. The number of carbonyl (C=O) groups is 1. The van der Waals surface area contributed by atoms with E-state index in [0.29, 0.717) is 19.3 Å². The molecule has 0 unspecified atom stereocenters. The SMILES string of the molecule is CN(C)C[C@@H]1C[C@@H](CCB(O)O)C[C@](N)(C(=O)O)C1. The van der Waals surface area contributed by atoms with Crippen LogP contribution in [0.15, 0.2) is 0 Å². The number of nitrogens with zero attached hydrogens (tertiary/aromatic N) is 1. The third-order valence-electron chi connectivity index (χ3n) is 3.85. The van der Waals surface area contributed by atoms with E-state index >= 15 is 0 Å². The Morgan fingerprint density at radius 1 is 1.37 bits per heavy atom. The molecule has 0 saturated heterocycles.